The van der Waals surface area contributed by atoms with Crippen molar-refractivity contribution in [2.24, 2.45) is 0 Å². The van der Waals surface area contributed by atoms with Crippen LogP contribution in [0.5, 0.6) is 0 Å². The average Bonchev–Trinajstić information content (AvgIpc) is 2.81. The zero-order valence-corrected chi connectivity index (χ0v) is 10.8. The molecular formula is C12H18N2O2S. The smallest absolute Gasteiger partial charge is 0.242 e. The Morgan fingerprint density at radius 2 is 1.82 bits per heavy atom. The molecule has 0 radical (unpaired) electrons. The van der Waals surface area contributed by atoms with Crippen LogP contribution in [0.25, 0.3) is 0 Å². The normalized spacial score (nSPS) is 17.2. The number of benzene rings is 1. The Hall–Kier alpha value is -1.07. The predicted molar refractivity (Wildman–Crippen MR) is 68.6 cm³/mol. The van der Waals surface area contributed by atoms with Crippen LogP contribution < -0.4 is 10.0 Å². The average molecular weight is 254 g/mol. The number of para-hydroxylation sites is 1. The highest BCUT2D eigenvalue weighted by atomic mass is 32.2. The van der Waals surface area contributed by atoms with Gasteiger partial charge in [-0.3, -0.25) is 0 Å². The molecule has 1 fully saturated rings. The number of hydrogen-bond acceptors (Lipinski definition) is 3. The summed E-state index contributed by atoms with van der Waals surface area (Å²) in [6, 6.07) is 7.06. The van der Waals surface area contributed by atoms with E-state index in [0.717, 1.165) is 25.7 Å². The van der Waals surface area contributed by atoms with Crippen molar-refractivity contribution in [2.45, 2.75) is 36.6 Å². The predicted octanol–water partition coefficient (Wildman–Crippen LogP) is 1.95. The van der Waals surface area contributed by atoms with Crippen molar-refractivity contribution < 1.29 is 8.42 Å². The van der Waals surface area contributed by atoms with Gasteiger partial charge in [0, 0.05) is 13.1 Å². The molecule has 0 unspecified atom stereocenters. The van der Waals surface area contributed by atoms with Gasteiger partial charge in [0.05, 0.1) is 5.69 Å². The summed E-state index contributed by atoms with van der Waals surface area (Å²) in [5, 5.41) is 2.91. The second kappa shape index (κ2) is 5.06. The van der Waals surface area contributed by atoms with Crippen molar-refractivity contribution in [2.75, 3.05) is 12.4 Å². The van der Waals surface area contributed by atoms with Crippen LogP contribution in [-0.2, 0) is 10.0 Å². The lowest BCUT2D eigenvalue weighted by Gasteiger charge is -2.14. The number of nitrogens with one attached hydrogen (secondary N) is 2. The van der Waals surface area contributed by atoms with Gasteiger partial charge < -0.3 is 5.32 Å². The van der Waals surface area contributed by atoms with Crippen molar-refractivity contribution in [3.8, 4) is 0 Å². The van der Waals surface area contributed by atoms with Crippen LogP contribution in [0.1, 0.15) is 25.7 Å². The van der Waals surface area contributed by atoms with E-state index in [1.54, 1.807) is 25.2 Å². The number of hydrogen-bond donors (Lipinski definition) is 2. The molecule has 94 valence electrons. The van der Waals surface area contributed by atoms with E-state index in [2.05, 4.69) is 10.0 Å². The lowest BCUT2D eigenvalue weighted by atomic mass is 10.3. The van der Waals surface area contributed by atoms with E-state index < -0.39 is 10.0 Å². The van der Waals surface area contributed by atoms with Crippen LogP contribution in [0, 0.1) is 0 Å². The Bertz CT molecular complexity index is 479. The molecule has 0 aromatic heterocycles. The quantitative estimate of drug-likeness (QED) is 0.863. The molecular weight excluding hydrogens is 236 g/mol. The molecule has 1 aliphatic rings. The highest BCUT2D eigenvalue weighted by Gasteiger charge is 2.24. The van der Waals surface area contributed by atoms with Crippen LogP contribution in [0.15, 0.2) is 29.2 Å². The second-order valence-corrected chi connectivity index (χ2v) is 6.03. The van der Waals surface area contributed by atoms with Crippen LogP contribution >= 0.6 is 0 Å². The van der Waals surface area contributed by atoms with Gasteiger partial charge in [0.1, 0.15) is 4.90 Å². The fraction of sp³-hybridized carbons (Fsp3) is 0.500. The first kappa shape index (κ1) is 12.4. The Morgan fingerprint density at radius 3 is 2.47 bits per heavy atom. The Kier molecular flexibility index (Phi) is 3.69. The van der Waals surface area contributed by atoms with Crippen molar-refractivity contribution in [1.82, 2.24) is 4.72 Å². The molecule has 0 amide bonds. The number of rotatable bonds is 4. The topological polar surface area (TPSA) is 58.2 Å². The molecule has 0 heterocycles. The molecule has 0 aliphatic heterocycles. The first-order valence-corrected chi connectivity index (χ1v) is 7.41. The fourth-order valence-corrected chi connectivity index (χ4v) is 3.75. The third kappa shape index (κ3) is 2.79. The third-order valence-electron chi connectivity index (χ3n) is 3.12. The van der Waals surface area contributed by atoms with Gasteiger partial charge in [0.15, 0.2) is 0 Å². The summed E-state index contributed by atoms with van der Waals surface area (Å²) in [6.07, 6.45) is 4.11. The molecule has 1 aromatic carbocycles. The van der Waals surface area contributed by atoms with Gasteiger partial charge in [-0.05, 0) is 25.0 Å². The lowest BCUT2D eigenvalue weighted by Crippen LogP contribution is -2.33. The van der Waals surface area contributed by atoms with E-state index in [1.165, 1.54) is 0 Å². The maximum Gasteiger partial charge on any atom is 0.242 e. The number of sulfonamides is 1. The zero-order valence-electron chi connectivity index (χ0n) is 9.94. The van der Waals surface area contributed by atoms with Gasteiger partial charge >= 0.3 is 0 Å². The minimum Gasteiger partial charge on any atom is -0.387 e. The summed E-state index contributed by atoms with van der Waals surface area (Å²) >= 11 is 0. The van der Waals surface area contributed by atoms with Gasteiger partial charge in [-0.1, -0.05) is 25.0 Å². The van der Waals surface area contributed by atoms with Crippen molar-refractivity contribution in [1.29, 1.82) is 0 Å². The Balaban J connectivity index is 2.24. The molecule has 2 N–H and O–H groups in total. The summed E-state index contributed by atoms with van der Waals surface area (Å²) in [5.74, 6) is 0. The van der Waals surface area contributed by atoms with Crippen molar-refractivity contribution in [3.05, 3.63) is 24.3 Å². The molecule has 1 aliphatic carbocycles. The zero-order chi connectivity index (χ0) is 12.3. The van der Waals surface area contributed by atoms with E-state index in [0.29, 0.717) is 10.6 Å². The minimum absolute atomic E-state index is 0.102. The number of anilines is 1. The first-order chi connectivity index (χ1) is 8.13. The highest BCUT2D eigenvalue weighted by Crippen LogP contribution is 2.23. The molecule has 0 spiro atoms. The van der Waals surface area contributed by atoms with E-state index in [9.17, 15) is 8.42 Å². The Morgan fingerprint density at radius 1 is 1.18 bits per heavy atom. The second-order valence-electron chi connectivity index (χ2n) is 4.35. The summed E-state index contributed by atoms with van der Waals surface area (Å²) in [5.41, 5.74) is 0.637. The van der Waals surface area contributed by atoms with Crippen LogP contribution in [0.4, 0.5) is 5.69 Å². The molecule has 0 atom stereocenters. The molecule has 0 saturated heterocycles. The molecule has 2 rings (SSSR count). The lowest BCUT2D eigenvalue weighted by molar-refractivity contribution is 0.552. The van der Waals surface area contributed by atoms with E-state index in [4.69, 9.17) is 0 Å². The van der Waals surface area contributed by atoms with Crippen LogP contribution in [0.3, 0.4) is 0 Å². The fourth-order valence-electron chi connectivity index (χ4n) is 2.23. The van der Waals surface area contributed by atoms with Gasteiger partial charge in [-0.25, -0.2) is 13.1 Å². The van der Waals surface area contributed by atoms with E-state index in [-0.39, 0.29) is 6.04 Å². The maximum absolute atomic E-state index is 12.2. The monoisotopic (exact) mass is 254 g/mol. The third-order valence-corrected chi connectivity index (χ3v) is 4.70. The summed E-state index contributed by atoms with van der Waals surface area (Å²) < 4.78 is 27.2. The van der Waals surface area contributed by atoms with Crippen molar-refractivity contribution in [3.63, 3.8) is 0 Å². The summed E-state index contributed by atoms with van der Waals surface area (Å²) in [4.78, 5) is 0.328. The van der Waals surface area contributed by atoms with Crippen LogP contribution in [0.2, 0.25) is 0 Å². The summed E-state index contributed by atoms with van der Waals surface area (Å²) in [6.45, 7) is 0. The van der Waals surface area contributed by atoms with E-state index >= 15 is 0 Å². The Labute approximate surface area is 102 Å². The van der Waals surface area contributed by atoms with E-state index in [1.807, 2.05) is 6.07 Å². The van der Waals surface area contributed by atoms with Gasteiger partial charge in [-0.15, -0.1) is 0 Å². The summed E-state index contributed by atoms with van der Waals surface area (Å²) in [7, 11) is -1.67. The molecule has 0 bridgehead atoms. The molecule has 17 heavy (non-hydrogen) atoms. The molecule has 4 nitrogen and oxygen atoms in total. The first-order valence-electron chi connectivity index (χ1n) is 5.92. The molecule has 5 heteroatoms. The molecule has 1 aromatic rings. The van der Waals surface area contributed by atoms with Gasteiger partial charge in [-0.2, -0.15) is 0 Å². The highest BCUT2D eigenvalue weighted by molar-refractivity contribution is 7.89. The van der Waals surface area contributed by atoms with Gasteiger partial charge in [0.2, 0.25) is 10.0 Å². The molecule has 1 saturated carbocycles. The van der Waals surface area contributed by atoms with Crippen LogP contribution in [-0.4, -0.2) is 21.5 Å². The largest absolute Gasteiger partial charge is 0.387 e. The van der Waals surface area contributed by atoms with Gasteiger partial charge in [0.25, 0.3) is 0 Å². The maximum atomic E-state index is 12.2. The standard InChI is InChI=1S/C12H18N2O2S/c1-13-11-8-4-5-9-12(11)17(15,16)14-10-6-2-3-7-10/h4-5,8-10,13-14H,2-3,6-7H2,1H3. The minimum atomic E-state index is -3.40. The SMILES string of the molecule is CNc1ccccc1S(=O)(=O)NC1CCCC1. The van der Waals surface area contributed by atoms with Crippen molar-refractivity contribution >= 4 is 15.7 Å².